The van der Waals surface area contributed by atoms with Crippen molar-refractivity contribution >= 4 is 23.7 Å². The summed E-state index contributed by atoms with van der Waals surface area (Å²) in [4.78, 5) is 34.4. The molecular weight excluding hydrogens is 290 g/mol. The van der Waals surface area contributed by atoms with Gasteiger partial charge in [-0.15, -0.1) is 0 Å². The van der Waals surface area contributed by atoms with E-state index in [9.17, 15) is 14.4 Å². The molecule has 1 N–H and O–H groups in total. The Morgan fingerprint density at radius 2 is 1.86 bits per heavy atom. The lowest BCUT2D eigenvalue weighted by Crippen LogP contribution is -2.44. The van der Waals surface area contributed by atoms with Crippen LogP contribution >= 0.6 is 0 Å². The zero-order valence-electron chi connectivity index (χ0n) is 12.2. The number of cyclic esters (lactones) is 2. The van der Waals surface area contributed by atoms with Gasteiger partial charge in [0.1, 0.15) is 25.2 Å². The van der Waals surface area contributed by atoms with Crippen molar-refractivity contribution in [2.45, 2.75) is 13.3 Å². The van der Waals surface area contributed by atoms with Crippen LogP contribution in [-0.4, -0.2) is 37.9 Å². The lowest BCUT2D eigenvalue weighted by Gasteiger charge is -2.29. The molecule has 0 saturated carbocycles. The van der Waals surface area contributed by atoms with Crippen molar-refractivity contribution in [3.05, 3.63) is 30.3 Å². The molecule has 118 valence electrons. The summed E-state index contributed by atoms with van der Waals surface area (Å²) in [7, 11) is 0. The first-order chi connectivity index (χ1) is 10.5. The maximum Gasteiger partial charge on any atom is 0.508 e. The van der Waals surface area contributed by atoms with Gasteiger partial charge in [-0.3, -0.25) is 9.59 Å². The average Bonchev–Trinajstić information content (AvgIpc) is 2.51. The minimum absolute atomic E-state index is 0.0390. The maximum atomic E-state index is 11.9. The van der Waals surface area contributed by atoms with Crippen molar-refractivity contribution in [2.24, 2.45) is 5.41 Å². The summed E-state index contributed by atoms with van der Waals surface area (Å²) in [6.45, 7) is 1.33. The number of carbonyl (C=O) groups is 3. The van der Waals surface area contributed by atoms with Gasteiger partial charge in [0.05, 0.1) is 6.42 Å². The standard InChI is InChI=1S/C15H17NO6/c1-15(9-21-14(19)22-10-15)13(18)20-8-7-12(17)16-11-5-3-2-4-6-11/h2-6H,7-10H2,1H3,(H,16,17). The summed E-state index contributed by atoms with van der Waals surface area (Å²) < 4.78 is 14.4. The first-order valence-electron chi connectivity index (χ1n) is 6.81. The normalized spacial score (nSPS) is 16.1. The van der Waals surface area contributed by atoms with Gasteiger partial charge in [0.2, 0.25) is 5.91 Å². The Kier molecular flexibility index (Phi) is 4.98. The van der Waals surface area contributed by atoms with E-state index in [-0.39, 0.29) is 32.1 Å². The molecule has 0 unspecified atom stereocenters. The van der Waals surface area contributed by atoms with Gasteiger partial charge in [-0.25, -0.2) is 4.79 Å². The highest BCUT2D eigenvalue weighted by molar-refractivity contribution is 5.90. The lowest BCUT2D eigenvalue weighted by atomic mass is 9.93. The van der Waals surface area contributed by atoms with E-state index >= 15 is 0 Å². The van der Waals surface area contributed by atoms with Gasteiger partial charge in [-0.1, -0.05) is 18.2 Å². The molecule has 0 bridgehead atoms. The Morgan fingerprint density at radius 3 is 2.50 bits per heavy atom. The van der Waals surface area contributed by atoms with E-state index in [1.165, 1.54) is 0 Å². The number of para-hydroxylation sites is 1. The van der Waals surface area contributed by atoms with E-state index in [2.05, 4.69) is 14.8 Å². The molecule has 2 rings (SSSR count). The molecule has 1 amide bonds. The second kappa shape index (κ2) is 6.93. The van der Waals surface area contributed by atoms with E-state index in [0.29, 0.717) is 5.69 Å². The molecule has 22 heavy (non-hydrogen) atoms. The number of carbonyl (C=O) groups excluding carboxylic acids is 3. The molecule has 1 aromatic rings. The third-order valence-corrected chi connectivity index (χ3v) is 3.13. The minimum atomic E-state index is -1.04. The fourth-order valence-corrected chi connectivity index (χ4v) is 1.79. The van der Waals surface area contributed by atoms with Crippen LogP contribution in [0.5, 0.6) is 0 Å². The van der Waals surface area contributed by atoms with E-state index < -0.39 is 17.5 Å². The second-order valence-corrected chi connectivity index (χ2v) is 5.19. The van der Waals surface area contributed by atoms with Gasteiger partial charge >= 0.3 is 12.1 Å². The van der Waals surface area contributed by atoms with Crippen LogP contribution < -0.4 is 5.32 Å². The van der Waals surface area contributed by atoms with Crippen molar-refractivity contribution in [3.63, 3.8) is 0 Å². The summed E-state index contributed by atoms with van der Waals surface area (Å²) in [5.41, 5.74) is -0.359. The monoisotopic (exact) mass is 307 g/mol. The highest BCUT2D eigenvalue weighted by atomic mass is 16.7. The summed E-state index contributed by atoms with van der Waals surface area (Å²) in [5, 5.41) is 2.69. The van der Waals surface area contributed by atoms with Crippen molar-refractivity contribution in [2.75, 3.05) is 25.1 Å². The number of hydrogen-bond acceptors (Lipinski definition) is 6. The topological polar surface area (TPSA) is 90.9 Å². The Labute approximate surface area is 127 Å². The first kappa shape index (κ1) is 15.8. The maximum absolute atomic E-state index is 11.9. The fourth-order valence-electron chi connectivity index (χ4n) is 1.79. The van der Waals surface area contributed by atoms with Gasteiger partial charge < -0.3 is 19.5 Å². The number of esters is 1. The average molecular weight is 307 g/mol. The number of amides is 1. The molecule has 1 saturated heterocycles. The van der Waals surface area contributed by atoms with Crippen LogP contribution in [0.25, 0.3) is 0 Å². The van der Waals surface area contributed by atoms with Gasteiger partial charge in [-0.05, 0) is 19.1 Å². The minimum Gasteiger partial charge on any atom is -0.465 e. The number of hydrogen-bond donors (Lipinski definition) is 1. The molecule has 0 atom stereocenters. The van der Waals surface area contributed by atoms with Crippen LogP contribution in [-0.2, 0) is 23.8 Å². The van der Waals surface area contributed by atoms with Crippen LogP contribution in [0.4, 0.5) is 10.5 Å². The number of benzene rings is 1. The van der Waals surface area contributed by atoms with Crippen LogP contribution in [0, 0.1) is 5.41 Å². The number of ether oxygens (including phenoxy) is 3. The molecule has 1 fully saturated rings. The third-order valence-electron chi connectivity index (χ3n) is 3.13. The highest BCUT2D eigenvalue weighted by Crippen LogP contribution is 2.24. The lowest BCUT2D eigenvalue weighted by molar-refractivity contribution is -0.166. The second-order valence-electron chi connectivity index (χ2n) is 5.19. The predicted molar refractivity (Wildman–Crippen MR) is 76.1 cm³/mol. The highest BCUT2D eigenvalue weighted by Gasteiger charge is 2.41. The Bertz CT molecular complexity index is 546. The van der Waals surface area contributed by atoms with E-state index in [4.69, 9.17) is 4.74 Å². The van der Waals surface area contributed by atoms with Crippen molar-refractivity contribution in [3.8, 4) is 0 Å². The fraction of sp³-hybridized carbons (Fsp3) is 0.400. The summed E-state index contributed by atoms with van der Waals surface area (Å²) in [5.74, 6) is -0.817. The number of nitrogens with one attached hydrogen (secondary N) is 1. The van der Waals surface area contributed by atoms with Crippen LogP contribution in [0.1, 0.15) is 13.3 Å². The zero-order chi connectivity index (χ0) is 16.0. The van der Waals surface area contributed by atoms with Crippen molar-refractivity contribution in [1.29, 1.82) is 0 Å². The molecule has 1 aliphatic rings. The molecule has 1 aromatic carbocycles. The first-order valence-corrected chi connectivity index (χ1v) is 6.81. The van der Waals surface area contributed by atoms with E-state index in [1.54, 1.807) is 31.2 Å². The van der Waals surface area contributed by atoms with Crippen LogP contribution in [0.2, 0.25) is 0 Å². The molecule has 7 nitrogen and oxygen atoms in total. The molecular formula is C15H17NO6. The number of anilines is 1. The Morgan fingerprint density at radius 1 is 1.23 bits per heavy atom. The Balaban J connectivity index is 1.72. The SMILES string of the molecule is CC1(C(=O)OCCC(=O)Nc2ccccc2)COC(=O)OC1. The van der Waals surface area contributed by atoms with Crippen molar-refractivity contribution in [1.82, 2.24) is 0 Å². The smallest absolute Gasteiger partial charge is 0.465 e. The van der Waals surface area contributed by atoms with Gasteiger partial charge in [0, 0.05) is 5.69 Å². The van der Waals surface area contributed by atoms with Gasteiger partial charge in [0.15, 0.2) is 0 Å². The molecule has 7 heteroatoms. The van der Waals surface area contributed by atoms with Crippen molar-refractivity contribution < 1.29 is 28.6 Å². The quantitative estimate of drug-likeness (QED) is 0.833. The van der Waals surface area contributed by atoms with Gasteiger partial charge in [-0.2, -0.15) is 0 Å². The molecule has 0 spiro atoms. The summed E-state index contributed by atoms with van der Waals surface area (Å²) >= 11 is 0. The molecule has 0 aromatic heterocycles. The van der Waals surface area contributed by atoms with Crippen LogP contribution in [0.3, 0.4) is 0 Å². The summed E-state index contributed by atoms with van der Waals surface area (Å²) in [6.07, 6.45) is -0.760. The van der Waals surface area contributed by atoms with E-state index in [1.807, 2.05) is 6.07 Å². The zero-order valence-corrected chi connectivity index (χ0v) is 12.2. The van der Waals surface area contributed by atoms with Crippen LogP contribution in [0.15, 0.2) is 30.3 Å². The molecule has 0 aliphatic carbocycles. The largest absolute Gasteiger partial charge is 0.508 e. The van der Waals surface area contributed by atoms with Gasteiger partial charge in [0.25, 0.3) is 0 Å². The Hall–Kier alpha value is -2.57. The third kappa shape index (κ3) is 4.21. The predicted octanol–water partition coefficient (Wildman–Crippen LogP) is 1.73. The van der Waals surface area contributed by atoms with E-state index in [0.717, 1.165) is 0 Å². The number of rotatable bonds is 5. The molecule has 0 radical (unpaired) electrons. The molecule has 1 heterocycles. The summed E-state index contributed by atoms with van der Waals surface area (Å²) in [6, 6.07) is 8.98. The molecule has 1 aliphatic heterocycles.